The second-order valence-electron chi connectivity index (χ2n) is 3.42. The Hall–Kier alpha value is -1.43. The van der Waals surface area contributed by atoms with Gasteiger partial charge in [-0.2, -0.15) is 0 Å². The zero-order valence-corrected chi connectivity index (χ0v) is 8.66. The highest BCUT2D eigenvalue weighted by atomic mass is 16.4. The number of nitrogens with two attached hydrogens (primary N) is 2. The van der Waals surface area contributed by atoms with Crippen LogP contribution in [0, 0.1) is 0 Å². The molecular formula is C9H16N2O4. The maximum absolute atomic E-state index is 11.5. The number of carbonyl (C=O) groups excluding carboxylic acids is 2. The summed E-state index contributed by atoms with van der Waals surface area (Å²) in [5, 5.41) is 8.84. The Morgan fingerprint density at radius 2 is 1.80 bits per heavy atom. The molecule has 6 nitrogen and oxygen atoms in total. The predicted molar refractivity (Wildman–Crippen MR) is 52.9 cm³/mol. The van der Waals surface area contributed by atoms with E-state index in [1.807, 2.05) is 0 Å². The summed E-state index contributed by atoms with van der Waals surface area (Å²) in [6.45, 7) is 1.74. The van der Waals surface area contributed by atoms with Gasteiger partial charge in [-0.25, -0.2) is 4.79 Å². The minimum absolute atomic E-state index is 0.0849. The van der Waals surface area contributed by atoms with Crippen LogP contribution in [0.4, 0.5) is 0 Å². The minimum Gasteiger partial charge on any atom is -0.480 e. The average Bonchev–Trinajstić information content (AvgIpc) is 2.14. The highest BCUT2D eigenvalue weighted by molar-refractivity contribution is 6.07. The van der Waals surface area contributed by atoms with E-state index < -0.39 is 23.2 Å². The summed E-state index contributed by atoms with van der Waals surface area (Å²) in [6, 6.07) is 0. The minimum atomic E-state index is -1.98. The maximum Gasteiger partial charge on any atom is 0.331 e. The van der Waals surface area contributed by atoms with Crippen molar-refractivity contribution in [1.29, 1.82) is 0 Å². The van der Waals surface area contributed by atoms with Crippen LogP contribution in [0.2, 0.25) is 0 Å². The second kappa shape index (κ2) is 5.45. The standard InChI is InChI=1S/C9H16N2O4/c1-2-3-6(12)9(11,8(14)15)5-4-7(10)13/h2-5,11H2,1H3,(H2,10,13)(H,14,15)/t9-/m1/s1. The number of amides is 1. The molecule has 0 heterocycles. The molecule has 0 saturated carbocycles. The Morgan fingerprint density at radius 3 is 2.13 bits per heavy atom. The van der Waals surface area contributed by atoms with Crippen molar-refractivity contribution in [2.24, 2.45) is 11.5 Å². The Labute approximate surface area is 87.6 Å². The van der Waals surface area contributed by atoms with Crippen molar-refractivity contribution in [2.75, 3.05) is 0 Å². The quantitative estimate of drug-likeness (QED) is 0.490. The molecule has 0 spiro atoms. The summed E-state index contributed by atoms with van der Waals surface area (Å²) in [6.07, 6.45) is 0.137. The number of carboxylic acids is 1. The zero-order chi connectivity index (χ0) is 12.1. The van der Waals surface area contributed by atoms with Crippen molar-refractivity contribution < 1.29 is 19.5 Å². The van der Waals surface area contributed by atoms with Gasteiger partial charge in [0.1, 0.15) is 0 Å². The van der Waals surface area contributed by atoms with Crippen LogP contribution in [-0.4, -0.2) is 28.3 Å². The largest absolute Gasteiger partial charge is 0.480 e. The third-order valence-corrected chi connectivity index (χ3v) is 2.12. The van der Waals surface area contributed by atoms with E-state index in [4.69, 9.17) is 16.6 Å². The van der Waals surface area contributed by atoms with E-state index in [0.29, 0.717) is 6.42 Å². The molecule has 1 amide bonds. The fourth-order valence-corrected chi connectivity index (χ4v) is 1.14. The van der Waals surface area contributed by atoms with E-state index in [9.17, 15) is 14.4 Å². The van der Waals surface area contributed by atoms with Crippen LogP contribution in [-0.2, 0) is 14.4 Å². The summed E-state index contributed by atoms with van der Waals surface area (Å²) in [5.41, 5.74) is 8.36. The fraction of sp³-hybridized carbons (Fsp3) is 0.667. The van der Waals surface area contributed by atoms with Crippen LogP contribution in [0.3, 0.4) is 0 Å². The topological polar surface area (TPSA) is 123 Å². The van der Waals surface area contributed by atoms with Crippen molar-refractivity contribution in [3.8, 4) is 0 Å². The van der Waals surface area contributed by atoms with Gasteiger partial charge < -0.3 is 16.6 Å². The van der Waals surface area contributed by atoms with Crippen LogP contribution in [0.15, 0.2) is 0 Å². The van der Waals surface area contributed by atoms with E-state index in [1.54, 1.807) is 6.92 Å². The van der Waals surface area contributed by atoms with Gasteiger partial charge in [-0.3, -0.25) is 9.59 Å². The summed E-state index contributed by atoms with van der Waals surface area (Å²) < 4.78 is 0. The SMILES string of the molecule is CCCC(=O)[C@](N)(CCC(N)=O)C(=O)O. The molecule has 0 radical (unpaired) electrons. The molecule has 0 aliphatic carbocycles. The van der Waals surface area contributed by atoms with E-state index in [0.717, 1.165) is 0 Å². The van der Waals surface area contributed by atoms with Gasteiger partial charge in [-0.15, -0.1) is 0 Å². The molecule has 0 aliphatic heterocycles. The molecule has 0 saturated heterocycles. The van der Waals surface area contributed by atoms with Gasteiger partial charge in [0.25, 0.3) is 0 Å². The van der Waals surface area contributed by atoms with E-state index in [2.05, 4.69) is 0 Å². The first-order valence-corrected chi connectivity index (χ1v) is 4.68. The maximum atomic E-state index is 11.5. The number of hydrogen-bond donors (Lipinski definition) is 3. The molecule has 1 atom stereocenters. The Kier molecular flexibility index (Phi) is 4.93. The molecular weight excluding hydrogens is 200 g/mol. The van der Waals surface area contributed by atoms with Crippen molar-refractivity contribution >= 4 is 17.7 Å². The highest BCUT2D eigenvalue weighted by Crippen LogP contribution is 2.14. The van der Waals surface area contributed by atoms with Crippen LogP contribution in [0.1, 0.15) is 32.6 Å². The number of rotatable bonds is 7. The van der Waals surface area contributed by atoms with Gasteiger partial charge in [-0.1, -0.05) is 6.92 Å². The van der Waals surface area contributed by atoms with Gasteiger partial charge in [0, 0.05) is 12.8 Å². The summed E-state index contributed by atoms with van der Waals surface area (Å²) in [5.74, 6) is -2.66. The summed E-state index contributed by atoms with van der Waals surface area (Å²) in [7, 11) is 0. The molecule has 0 bridgehead atoms. The number of ketones is 1. The fourth-order valence-electron chi connectivity index (χ4n) is 1.14. The van der Waals surface area contributed by atoms with Crippen LogP contribution in [0.25, 0.3) is 0 Å². The Morgan fingerprint density at radius 1 is 1.27 bits per heavy atom. The molecule has 0 fully saturated rings. The third kappa shape index (κ3) is 3.67. The second-order valence-corrected chi connectivity index (χ2v) is 3.42. The Balaban J connectivity index is 4.66. The van der Waals surface area contributed by atoms with Gasteiger partial charge >= 0.3 is 5.97 Å². The van der Waals surface area contributed by atoms with Crippen molar-refractivity contribution in [3.05, 3.63) is 0 Å². The first-order chi connectivity index (χ1) is 6.84. The molecule has 0 aromatic heterocycles. The smallest absolute Gasteiger partial charge is 0.331 e. The molecule has 0 rings (SSSR count). The third-order valence-electron chi connectivity index (χ3n) is 2.12. The number of carbonyl (C=O) groups is 3. The monoisotopic (exact) mass is 216 g/mol. The zero-order valence-electron chi connectivity index (χ0n) is 8.66. The first kappa shape index (κ1) is 13.6. The summed E-state index contributed by atoms with van der Waals surface area (Å²) >= 11 is 0. The van der Waals surface area contributed by atoms with E-state index in [-0.39, 0.29) is 19.3 Å². The van der Waals surface area contributed by atoms with Crippen LogP contribution >= 0.6 is 0 Å². The lowest BCUT2D eigenvalue weighted by molar-refractivity contribution is -0.148. The molecule has 86 valence electrons. The van der Waals surface area contributed by atoms with E-state index >= 15 is 0 Å². The number of hydrogen-bond acceptors (Lipinski definition) is 4. The summed E-state index contributed by atoms with van der Waals surface area (Å²) in [4.78, 5) is 32.8. The molecule has 6 heteroatoms. The molecule has 0 unspecified atom stereocenters. The number of carboxylic acid groups (broad SMARTS) is 1. The molecule has 5 N–H and O–H groups in total. The first-order valence-electron chi connectivity index (χ1n) is 4.68. The molecule has 15 heavy (non-hydrogen) atoms. The van der Waals surface area contributed by atoms with E-state index in [1.165, 1.54) is 0 Å². The normalized spacial score (nSPS) is 14.3. The molecule has 0 aromatic carbocycles. The van der Waals surface area contributed by atoms with Gasteiger partial charge in [0.2, 0.25) is 5.91 Å². The van der Waals surface area contributed by atoms with Gasteiger partial charge in [0.15, 0.2) is 11.3 Å². The van der Waals surface area contributed by atoms with Gasteiger partial charge in [-0.05, 0) is 12.8 Å². The number of Topliss-reactive ketones (excluding diaryl/α,β-unsaturated/α-hetero) is 1. The van der Waals surface area contributed by atoms with Crippen molar-refractivity contribution in [1.82, 2.24) is 0 Å². The lowest BCUT2D eigenvalue weighted by atomic mass is 9.87. The highest BCUT2D eigenvalue weighted by Gasteiger charge is 2.40. The molecule has 0 aromatic rings. The average molecular weight is 216 g/mol. The predicted octanol–water partition coefficient (Wildman–Crippen LogP) is -0.597. The number of aliphatic carboxylic acids is 1. The lowest BCUT2D eigenvalue weighted by Crippen LogP contribution is -2.55. The van der Waals surface area contributed by atoms with Crippen LogP contribution in [0.5, 0.6) is 0 Å². The lowest BCUT2D eigenvalue weighted by Gasteiger charge is -2.22. The number of primary amides is 1. The van der Waals surface area contributed by atoms with Crippen molar-refractivity contribution in [3.63, 3.8) is 0 Å². The van der Waals surface area contributed by atoms with Gasteiger partial charge in [0.05, 0.1) is 0 Å². The Bertz CT molecular complexity index is 277. The van der Waals surface area contributed by atoms with Crippen LogP contribution < -0.4 is 11.5 Å². The van der Waals surface area contributed by atoms with Crippen molar-refractivity contribution in [2.45, 2.75) is 38.1 Å². The molecule has 0 aliphatic rings.